The van der Waals surface area contributed by atoms with E-state index in [9.17, 15) is 4.21 Å². The summed E-state index contributed by atoms with van der Waals surface area (Å²) in [7, 11) is -1.40. The van der Waals surface area contributed by atoms with Gasteiger partial charge in [0.05, 0.1) is 0 Å². The largest absolute Gasteiger partial charge is 0.264 e. The fourth-order valence-electron chi connectivity index (χ4n) is 0.342. The van der Waals surface area contributed by atoms with Crippen LogP contribution in [-0.4, -0.2) is 18.2 Å². The van der Waals surface area contributed by atoms with Crippen molar-refractivity contribution in [3.05, 3.63) is 40.8 Å². The molecule has 68 valence electrons. The van der Waals surface area contributed by atoms with Crippen LogP contribution in [0.2, 0.25) is 5.04 Å². The average Bonchev–Trinajstić information content (AvgIpc) is 1.83. The molecule has 1 atom stereocenters. The van der Waals surface area contributed by atoms with Gasteiger partial charge in [-0.25, -0.2) is 4.21 Å². The highest BCUT2D eigenvalue weighted by Crippen LogP contribution is 2.35. The van der Waals surface area contributed by atoms with Crippen LogP contribution >= 0.6 is 10.7 Å². The lowest BCUT2D eigenvalue weighted by Gasteiger charge is -2.30. The van der Waals surface area contributed by atoms with Crippen LogP contribution in [0, 0.1) is 40.8 Å². The van der Waals surface area contributed by atoms with Crippen LogP contribution in [-0.2, 0) is 8.94 Å². The molecule has 0 aliphatic carbocycles. The smallest absolute Gasteiger partial charge is 0.208 e. The Morgan fingerprint density at radius 3 is 2.00 bits per heavy atom. The SMILES string of the molecule is [CH]CS(=O)(Cl)=N[Si]([CH])([CH])C([CH])([CH])[CH]. The van der Waals surface area contributed by atoms with E-state index in [-0.39, 0.29) is 0 Å². The van der Waals surface area contributed by atoms with Gasteiger partial charge in [0.1, 0.15) is 8.94 Å². The van der Waals surface area contributed by atoms with Gasteiger partial charge in [0.15, 0.2) is 0 Å². The van der Waals surface area contributed by atoms with Gasteiger partial charge in [0.25, 0.3) is 0 Å². The fraction of sp³-hybridized carbons (Fsp3) is 0.250. The second-order valence-corrected chi connectivity index (χ2v) is 8.73. The molecule has 0 heterocycles. The van der Waals surface area contributed by atoms with Crippen molar-refractivity contribution in [2.75, 3.05) is 5.75 Å². The van der Waals surface area contributed by atoms with Crippen molar-refractivity contribution >= 4 is 27.9 Å². The maximum Gasteiger partial charge on any atom is 0.208 e. The van der Waals surface area contributed by atoms with Gasteiger partial charge >= 0.3 is 0 Å². The summed E-state index contributed by atoms with van der Waals surface area (Å²) < 4.78 is 14.6. The average molecular weight is 230 g/mol. The molecule has 0 rings (SSSR count). The summed E-state index contributed by atoms with van der Waals surface area (Å²) in [5, 5.41) is -1.89. The first-order valence-electron chi connectivity index (χ1n) is 3.12. The summed E-state index contributed by atoms with van der Waals surface area (Å²) in [4.78, 5) is 0. The summed E-state index contributed by atoms with van der Waals surface area (Å²) in [6.07, 6.45) is 0. The summed E-state index contributed by atoms with van der Waals surface area (Å²) in [5.41, 5.74) is 0. The molecule has 0 aromatic heterocycles. The van der Waals surface area contributed by atoms with Crippen molar-refractivity contribution in [2.45, 2.75) is 5.04 Å². The van der Waals surface area contributed by atoms with Gasteiger partial charge in [-0.05, 0) is 56.5 Å². The summed E-state index contributed by atoms with van der Waals surface area (Å²) in [5.74, 6) is -0.395. The molecule has 0 aliphatic rings. The zero-order valence-corrected chi connectivity index (χ0v) is 9.39. The molecule has 0 N–H and O–H groups in total. The van der Waals surface area contributed by atoms with E-state index in [1.165, 1.54) is 0 Å². The number of rotatable bonds is 3. The molecule has 5 heteroatoms. The minimum atomic E-state index is -3.59. The molecule has 0 aliphatic heterocycles. The molecule has 0 bridgehead atoms. The van der Waals surface area contributed by atoms with E-state index in [1.807, 2.05) is 0 Å². The van der Waals surface area contributed by atoms with Crippen LogP contribution < -0.4 is 0 Å². The summed E-state index contributed by atoms with van der Waals surface area (Å²) >= 11 is 0. The Morgan fingerprint density at radius 1 is 1.38 bits per heavy atom. The number of hydrogen-bond donors (Lipinski definition) is 0. The third kappa shape index (κ3) is 4.00. The molecule has 2 nitrogen and oxygen atoms in total. The first-order valence-corrected chi connectivity index (χ1v) is 7.73. The van der Waals surface area contributed by atoms with E-state index in [2.05, 4.69) is 4.03 Å². The fourth-order valence-corrected chi connectivity index (χ4v) is 4.10. The van der Waals surface area contributed by atoms with E-state index >= 15 is 0 Å². The van der Waals surface area contributed by atoms with Gasteiger partial charge in [-0.3, -0.25) is 4.03 Å². The first-order chi connectivity index (χ1) is 5.52. The molecule has 0 amide bonds. The number of hydrogen-bond acceptors (Lipinski definition) is 2. The second kappa shape index (κ2) is 3.91. The molecular weight excluding hydrogens is 222 g/mol. The Balaban J connectivity index is 5.13. The maximum atomic E-state index is 11.2. The van der Waals surface area contributed by atoms with Crippen molar-refractivity contribution in [3.8, 4) is 0 Å². The van der Waals surface area contributed by atoms with Gasteiger partial charge in [0, 0.05) is 5.75 Å². The normalized spacial score (nSPS) is 18.1. The Kier molecular flexibility index (Phi) is 4.04. The molecule has 0 saturated heterocycles. The third-order valence-electron chi connectivity index (χ3n) is 1.19. The van der Waals surface area contributed by atoms with Crippen molar-refractivity contribution in [1.82, 2.24) is 0 Å². The topological polar surface area (TPSA) is 29.4 Å². The minimum Gasteiger partial charge on any atom is -0.264 e. The quantitative estimate of drug-likeness (QED) is 0.535. The molecule has 12 radical (unpaired) electrons. The van der Waals surface area contributed by atoms with Gasteiger partial charge in [-0.15, -0.1) is 0 Å². The number of halogens is 1. The molecule has 13 heavy (non-hydrogen) atoms. The molecular formula is C8H8ClNOSSi. The van der Waals surface area contributed by atoms with E-state index in [0.29, 0.717) is 0 Å². The Bertz CT molecular complexity index is 287. The standard InChI is InChI=1S/C8H8ClNOSSi/c1-7-12(9,11)10-13(5,6)8(2,3)4/h1-6H,7H2. The van der Waals surface area contributed by atoms with E-state index < -0.39 is 28.0 Å². The van der Waals surface area contributed by atoms with E-state index in [0.717, 1.165) is 0 Å². The molecule has 0 aromatic carbocycles. The van der Waals surface area contributed by atoms with Gasteiger partial charge < -0.3 is 0 Å². The highest BCUT2D eigenvalue weighted by molar-refractivity contribution is 8.16. The molecule has 1 unspecified atom stereocenters. The van der Waals surface area contributed by atoms with Crippen LogP contribution in [0.5, 0.6) is 0 Å². The predicted octanol–water partition coefficient (Wildman–Crippen LogP) is 1.64. The molecule has 0 fully saturated rings. The van der Waals surface area contributed by atoms with E-state index in [4.69, 9.17) is 51.5 Å². The van der Waals surface area contributed by atoms with Crippen molar-refractivity contribution in [3.63, 3.8) is 0 Å². The number of nitrogens with zero attached hydrogens (tertiary/aromatic N) is 1. The zero-order chi connectivity index (χ0) is 10.9. The molecule has 0 aromatic rings. The van der Waals surface area contributed by atoms with Crippen molar-refractivity contribution in [2.24, 2.45) is 4.03 Å². The second-order valence-electron chi connectivity index (χ2n) is 2.58. The van der Waals surface area contributed by atoms with Crippen LogP contribution in [0.25, 0.3) is 0 Å². The van der Waals surface area contributed by atoms with E-state index in [1.54, 1.807) is 0 Å². The summed E-state index contributed by atoms with van der Waals surface area (Å²) in [6.45, 7) is 31.5. The highest BCUT2D eigenvalue weighted by atomic mass is 35.7. The first kappa shape index (κ1) is 13.5. The predicted molar refractivity (Wildman–Crippen MR) is 55.5 cm³/mol. The lowest BCUT2D eigenvalue weighted by atomic mass is 10.2. The maximum absolute atomic E-state index is 11.2. The molecule has 0 spiro atoms. The van der Waals surface area contributed by atoms with Crippen molar-refractivity contribution < 1.29 is 4.21 Å². The van der Waals surface area contributed by atoms with Gasteiger partial charge in [0.2, 0.25) is 8.24 Å². The lowest BCUT2D eigenvalue weighted by Crippen LogP contribution is -2.38. The third-order valence-corrected chi connectivity index (χ3v) is 6.28. The monoisotopic (exact) mass is 229 g/mol. The Hall–Kier alpha value is 0.457. The van der Waals surface area contributed by atoms with Crippen molar-refractivity contribution in [1.29, 1.82) is 0 Å². The van der Waals surface area contributed by atoms with Crippen LogP contribution in [0.1, 0.15) is 0 Å². The van der Waals surface area contributed by atoms with Gasteiger partial charge in [-0.2, -0.15) is 0 Å². The van der Waals surface area contributed by atoms with Crippen LogP contribution in [0.15, 0.2) is 4.03 Å². The van der Waals surface area contributed by atoms with Crippen LogP contribution in [0.4, 0.5) is 0 Å². The Morgan fingerprint density at radius 2 is 1.77 bits per heavy atom. The summed E-state index contributed by atoms with van der Waals surface area (Å²) in [6, 6.07) is 0. The Labute approximate surface area is 87.8 Å². The van der Waals surface area contributed by atoms with Crippen LogP contribution in [0.3, 0.4) is 0 Å². The lowest BCUT2D eigenvalue weighted by molar-refractivity contribution is 0.687. The molecule has 0 saturated carbocycles. The minimum absolute atomic E-state index is 0.395. The highest BCUT2D eigenvalue weighted by Gasteiger charge is 2.38. The van der Waals surface area contributed by atoms with Gasteiger partial charge in [-0.1, -0.05) is 0 Å². The zero-order valence-electron chi connectivity index (χ0n) is 6.81.